The molecule has 0 amide bonds. The van der Waals surface area contributed by atoms with Crippen LogP contribution in [0.1, 0.15) is 0 Å². The average Bonchev–Trinajstić information content (AvgIpc) is 1.65. The Bertz CT molecular complexity index is 53.2. The van der Waals surface area contributed by atoms with Gasteiger partial charge < -0.3 is 7.58 Å². The van der Waals surface area contributed by atoms with E-state index >= 15 is 0 Å². The van der Waals surface area contributed by atoms with E-state index in [2.05, 4.69) is 7.58 Å². The topological polar surface area (TPSA) is 35.5 Å². The molecule has 0 rings (SSSR count). The fraction of sp³-hybridized carbons (Fsp3) is 0. The molecule has 7 heteroatoms. The quantitative estimate of drug-likeness (QED) is 0.353. The first-order valence-corrected chi connectivity index (χ1v) is 3.06. The minimum atomic E-state index is -0.534. The Morgan fingerprint density at radius 2 is 1.38 bits per heavy atom. The second-order valence-electron chi connectivity index (χ2n) is 0.658. The second-order valence-corrected chi connectivity index (χ2v) is 1.47. The highest BCUT2D eigenvalue weighted by Crippen LogP contribution is 1.70. The van der Waals surface area contributed by atoms with Crippen LogP contribution in [-0.4, -0.2) is 85.5 Å². The van der Waals surface area contributed by atoms with E-state index < -0.39 is 6.16 Å². The van der Waals surface area contributed by atoms with Crippen LogP contribution in [0, 0.1) is 0 Å². The molecule has 0 aromatic rings. The highest BCUT2D eigenvalue weighted by atomic mass is 27.1. The van der Waals surface area contributed by atoms with Gasteiger partial charge in [-0.1, -0.05) is 0 Å². The van der Waals surface area contributed by atoms with Crippen molar-refractivity contribution in [2.75, 3.05) is 0 Å². The third kappa shape index (κ3) is 10.8. The maximum Gasteiger partial charge on any atom is 0.503 e. The van der Waals surface area contributed by atoms with Crippen molar-refractivity contribution in [1.82, 2.24) is 0 Å². The van der Waals surface area contributed by atoms with Gasteiger partial charge in [0.25, 0.3) is 0 Å². The Balaban J connectivity index is -0.000000125. The van der Waals surface area contributed by atoms with Gasteiger partial charge in [-0.2, -0.15) is 0 Å². The largest absolute Gasteiger partial charge is 0.593 e. The third-order valence-electron chi connectivity index (χ3n) is 0.333. The molecule has 0 N–H and O–H groups in total. The molecule has 0 radical (unpaired) electrons. The number of hydrogen-bond donors (Lipinski definition) is 0. The van der Waals surface area contributed by atoms with E-state index in [9.17, 15) is 4.79 Å². The van der Waals surface area contributed by atoms with E-state index in [0.29, 0.717) is 33.2 Å². The van der Waals surface area contributed by atoms with Gasteiger partial charge in [0, 0.05) is 0 Å². The van der Waals surface area contributed by atoms with Gasteiger partial charge in [-0.15, -0.1) is 0 Å². The molecule has 0 saturated carbocycles. The van der Waals surface area contributed by atoms with Gasteiger partial charge in [0.1, 0.15) is 0 Å². The zero-order chi connectivity index (χ0) is 4.99. The summed E-state index contributed by atoms with van der Waals surface area (Å²) in [6.45, 7) is 0. The van der Waals surface area contributed by atoms with E-state index in [1.54, 1.807) is 0 Å². The molecule has 0 aliphatic rings. The fourth-order valence-electron chi connectivity index (χ4n) is 0.0833. The molecule has 0 saturated heterocycles. The lowest BCUT2D eigenvalue weighted by molar-refractivity contribution is 0.160. The van der Waals surface area contributed by atoms with E-state index in [1.807, 2.05) is 0 Å². The molecule has 3 nitrogen and oxygen atoms in total. The molecule has 0 unspecified atom stereocenters. The average molecular weight is 171 g/mol. The summed E-state index contributed by atoms with van der Waals surface area (Å²) >= 11 is 0.860. The molecule has 0 fully saturated rings. The van der Waals surface area contributed by atoms with E-state index in [0.717, 1.165) is 0 Å². The lowest BCUT2D eigenvalue weighted by atomic mass is 11.5. The highest BCUT2D eigenvalue weighted by molar-refractivity contribution is 6.09. The third-order valence-corrected chi connectivity index (χ3v) is 1.00. The molecule has 0 bridgehead atoms. The predicted molar refractivity (Wildman–Crippen MR) is 41.7 cm³/mol. The van der Waals surface area contributed by atoms with Crippen LogP contribution >= 0.6 is 0 Å². The van der Waals surface area contributed by atoms with Crippen LogP contribution in [0.25, 0.3) is 0 Å². The van der Waals surface area contributed by atoms with Gasteiger partial charge in [0.15, 0.2) is 0 Å². The molecule has 0 aromatic carbocycles. The maximum atomic E-state index is 9.81. The van der Waals surface area contributed by atoms with Crippen LogP contribution in [0.4, 0.5) is 4.79 Å². The van der Waals surface area contributed by atoms with E-state index in [1.165, 1.54) is 0 Å². The lowest BCUT2D eigenvalue weighted by Gasteiger charge is -1.95. The SMILES string of the molecule is O=C([O][AlH2])[O][AlH2].[MgH2].[MgH2]. The van der Waals surface area contributed by atoms with Gasteiger partial charge in [-0.05, 0) is 0 Å². The smallest absolute Gasteiger partial charge is 0.503 e. The number of hydrogen-bond acceptors (Lipinski definition) is 3. The molecule has 0 aliphatic carbocycles. The van der Waals surface area contributed by atoms with Crippen molar-refractivity contribution < 1.29 is 12.4 Å². The first kappa shape index (κ1) is 16.5. The normalized spacial score (nSPS) is 5.00. The Hall–Kier alpha value is 1.87. The first-order valence-electron chi connectivity index (χ1n) is 1.43. The van der Waals surface area contributed by atoms with Gasteiger partial charge in [0.2, 0.25) is 0 Å². The molecule has 0 spiro atoms. The van der Waals surface area contributed by atoms with Gasteiger partial charge in [-0.3, -0.25) is 0 Å². The Kier molecular flexibility index (Phi) is 23.9. The standard InChI is InChI=1S/CH2O3.2Al.2Mg.8H/c2-1(3)4;;;;;;;;;;;;/h(H2,2,3,4);;;;;;;;;;;;/q;2*+1;;;;;;;;;;/p-2. The van der Waals surface area contributed by atoms with Gasteiger partial charge in [0.05, 0.1) is 0 Å². The summed E-state index contributed by atoms with van der Waals surface area (Å²) in [5, 5.41) is 0. The summed E-state index contributed by atoms with van der Waals surface area (Å²) < 4.78 is 8.42. The van der Waals surface area contributed by atoms with Crippen molar-refractivity contribution in [2.24, 2.45) is 0 Å². The van der Waals surface area contributed by atoms with Crippen LogP contribution in [0.15, 0.2) is 0 Å². The summed E-state index contributed by atoms with van der Waals surface area (Å²) in [5.74, 6) is 0. The predicted octanol–water partition coefficient (Wildman–Crippen LogP) is -3.60. The van der Waals surface area contributed by atoms with E-state index in [-0.39, 0.29) is 46.1 Å². The molecular weight excluding hydrogens is 163 g/mol. The molecule has 0 atom stereocenters. The molecule has 40 valence electrons. The molecular formula is CH8Al2Mg2O3. The summed E-state index contributed by atoms with van der Waals surface area (Å²) in [6.07, 6.45) is -0.534. The van der Waals surface area contributed by atoms with Gasteiger partial charge in [-0.25, -0.2) is 4.79 Å². The van der Waals surface area contributed by atoms with Crippen molar-refractivity contribution in [3.8, 4) is 0 Å². The Morgan fingerprint density at radius 3 is 1.38 bits per heavy atom. The number of rotatable bonds is 0. The molecule has 8 heavy (non-hydrogen) atoms. The fourth-order valence-corrected chi connectivity index (χ4v) is 0.750. The van der Waals surface area contributed by atoms with Crippen molar-refractivity contribution in [1.29, 1.82) is 0 Å². The van der Waals surface area contributed by atoms with Crippen LogP contribution in [0.5, 0.6) is 0 Å². The Morgan fingerprint density at radius 1 is 1.12 bits per heavy atom. The number of carbonyl (C=O) groups excluding carboxylic acids is 1. The zero-order valence-corrected chi connectivity index (χ0v) is 7.72. The highest BCUT2D eigenvalue weighted by Gasteiger charge is 1.85. The second kappa shape index (κ2) is 11.6. The van der Waals surface area contributed by atoms with Crippen molar-refractivity contribution in [3.05, 3.63) is 0 Å². The van der Waals surface area contributed by atoms with Crippen molar-refractivity contribution in [3.63, 3.8) is 0 Å². The van der Waals surface area contributed by atoms with Gasteiger partial charge >= 0.3 is 85.5 Å². The maximum absolute atomic E-state index is 9.81. The molecule has 0 heterocycles. The summed E-state index contributed by atoms with van der Waals surface area (Å²) in [7, 11) is 0. The van der Waals surface area contributed by atoms with Crippen LogP contribution in [-0.2, 0) is 7.58 Å². The van der Waals surface area contributed by atoms with Crippen LogP contribution in [0.2, 0.25) is 0 Å². The molecule has 0 aliphatic heterocycles. The Labute approximate surface area is 96.7 Å². The summed E-state index contributed by atoms with van der Waals surface area (Å²) in [6, 6.07) is 0. The molecule has 0 aromatic heterocycles. The van der Waals surface area contributed by atoms with Crippen molar-refractivity contribution >= 4 is 85.5 Å². The minimum absolute atomic E-state index is 0. The van der Waals surface area contributed by atoms with Crippen molar-refractivity contribution in [2.45, 2.75) is 0 Å². The van der Waals surface area contributed by atoms with Crippen LogP contribution in [0.3, 0.4) is 0 Å². The minimum Gasteiger partial charge on any atom is -0.593 e. The lowest BCUT2D eigenvalue weighted by Crippen LogP contribution is -2.00. The summed E-state index contributed by atoms with van der Waals surface area (Å²) in [5.41, 5.74) is 0. The summed E-state index contributed by atoms with van der Waals surface area (Å²) in [4.78, 5) is 9.81. The monoisotopic (exact) mass is 170 g/mol. The van der Waals surface area contributed by atoms with E-state index in [4.69, 9.17) is 0 Å². The zero-order valence-electron chi connectivity index (χ0n) is 3.72. The van der Waals surface area contributed by atoms with Crippen LogP contribution < -0.4 is 0 Å². The first-order chi connectivity index (χ1) is 2.81. The number of carbonyl (C=O) groups is 1.